The van der Waals surface area contributed by atoms with Gasteiger partial charge in [-0.3, -0.25) is 19.2 Å². The summed E-state index contributed by atoms with van der Waals surface area (Å²) in [4.78, 5) is 62.4. The van der Waals surface area contributed by atoms with Crippen molar-refractivity contribution in [3.05, 3.63) is 54.0 Å². The molecule has 2 N–H and O–H groups in total. The zero-order chi connectivity index (χ0) is 42.5. The number of aliphatic carboxylic acids is 1. The van der Waals surface area contributed by atoms with Crippen molar-refractivity contribution in [2.45, 2.75) is 151 Å². The molecule has 8 rings (SSSR count). The van der Waals surface area contributed by atoms with Crippen molar-refractivity contribution in [2.75, 3.05) is 6.54 Å². The number of carboxylic acids is 1. The molecule has 320 valence electrons. The molecule has 9 heteroatoms. The number of imidazole rings is 1. The van der Waals surface area contributed by atoms with Crippen molar-refractivity contribution in [3.63, 3.8) is 0 Å². The fourth-order valence-corrected chi connectivity index (χ4v) is 15.3. The third kappa shape index (κ3) is 6.31. The van der Waals surface area contributed by atoms with Gasteiger partial charge in [0.15, 0.2) is 0 Å². The zero-order valence-electron chi connectivity index (χ0n) is 37.0. The molecular formula is C50H69N3O6. The number of aromatic amines is 1. The summed E-state index contributed by atoms with van der Waals surface area (Å²) >= 11 is 0. The lowest BCUT2D eigenvalue weighted by molar-refractivity contribution is -0.250. The van der Waals surface area contributed by atoms with E-state index >= 15 is 4.79 Å². The Kier molecular flexibility index (Phi) is 10.3. The van der Waals surface area contributed by atoms with Crippen LogP contribution in [0.5, 0.6) is 0 Å². The third-order valence-corrected chi connectivity index (χ3v) is 18.7. The number of carbonyl (C=O) groups excluding carboxylic acids is 3. The highest BCUT2D eigenvalue weighted by Crippen LogP contribution is 2.78. The van der Waals surface area contributed by atoms with Crippen molar-refractivity contribution in [1.82, 2.24) is 14.9 Å². The van der Waals surface area contributed by atoms with Crippen LogP contribution in [-0.4, -0.2) is 56.8 Å². The number of carboxylic acid groups (broad SMARTS) is 1. The molecule has 1 aromatic heterocycles. The van der Waals surface area contributed by atoms with Gasteiger partial charge in [-0.2, -0.15) is 0 Å². The highest BCUT2D eigenvalue weighted by Gasteiger charge is 2.72. The minimum atomic E-state index is -1.16. The summed E-state index contributed by atoms with van der Waals surface area (Å²) in [6.07, 6.45) is 14.4. The molecule has 0 bridgehead atoms. The minimum absolute atomic E-state index is 0.0754. The second-order valence-electron chi connectivity index (χ2n) is 22.1. The molecule has 1 aromatic carbocycles. The summed E-state index contributed by atoms with van der Waals surface area (Å²) in [6.45, 7) is 23.1. The van der Waals surface area contributed by atoms with Gasteiger partial charge in [0.25, 0.3) is 0 Å². The Morgan fingerprint density at radius 3 is 2.34 bits per heavy atom. The zero-order valence-corrected chi connectivity index (χ0v) is 37.0. The van der Waals surface area contributed by atoms with Crippen LogP contribution in [0.15, 0.2) is 42.6 Å². The van der Waals surface area contributed by atoms with E-state index in [9.17, 15) is 19.5 Å². The maximum Gasteiger partial charge on any atom is 0.309 e. The van der Waals surface area contributed by atoms with Gasteiger partial charge in [-0.25, -0.2) is 4.98 Å². The van der Waals surface area contributed by atoms with Gasteiger partial charge in [0, 0.05) is 17.5 Å². The number of carbonyl (C=O) groups is 4. The van der Waals surface area contributed by atoms with Gasteiger partial charge in [0.1, 0.15) is 18.2 Å². The van der Waals surface area contributed by atoms with Gasteiger partial charge >= 0.3 is 11.9 Å². The molecule has 9 nitrogen and oxygen atoms in total. The van der Waals surface area contributed by atoms with Gasteiger partial charge in [0.2, 0.25) is 5.91 Å². The van der Waals surface area contributed by atoms with Gasteiger partial charge in [-0.1, -0.05) is 71.0 Å². The molecule has 59 heavy (non-hydrogen) atoms. The number of amides is 1. The molecule has 1 saturated heterocycles. The van der Waals surface area contributed by atoms with Crippen LogP contribution in [-0.2, 0) is 19.1 Å². The van der Waals surface area contributed by atoms with Crippen molar-refractivity contribution in [3.8, 4) is 11.3 Å². The molecule has 6 fully saturated rings. The topological polar surface area (TPSA) is 130 Å². The van der Waals surface area contributed by atoms with Crippen LogP contribution < -0.4 is 0 Å². The first kappa shape index (κ1) is 42.0. The number of benzene rings is 1. The summed E-state index contributed by atoms with van der Waals surface area (Å²) in [6, 6.07) is 7.44. The summed E-state index contributed by atoms with van der Waals surface area (Å²) in [5, 5.41) is 9.66. The number of likely N-dealkylation sites (tertiary alicyclic amines) is 1. The molecule has 2 aromatic rings. The SMILES string of the molecule is C=C(C)[C@@H]1CC[C@]2(C(=O)N3CCC[C@H]3c3ncc(-c4ccc(C=O)cc4)[nH]3)CC[C@]3(C)[C@H](CC[C@@H]4[C@@]5(C)CC[C@H](OC(=O)CC(C)(C)C(=O)O)C(C)(C)[C@@H]5CC[C@]43C)[C@@H]12. The second-order valence-corrected chi connectivity index (χ2v) is 22.1. The summed E-state index contributed by atoms with van der Waals surface area (Å²) in [5.41, 5.74) is 2.20. The summed E-state index contributed by atoms with van der Waals surface area (Å²) in [5.74, 6) is 1.73. The van der Waals surface area contributed by atoms with E-state index in [0.717, 1.165) is 107 Å². The Morgan fingerprint density at radius 2 is 1.66 bits per heavy atom. The highest BCUT2D eigenvalue weighted by molar-refractivity contribution is 5.85. The van der Waals surface area contributed by atoms with Crippen LogP contribution in [0, 0.1) is 62.1 Å². The number of H-pyrrole nitrogens is 1. The minimum Gasteiger partial charge on any atom is -0.481 e. The van der Waals surface area contributed by atoms with Crippen LogP contribution in [0.2, 0.25) is 0 Å². The number of aromatic nitrogens is 2. The molecule has 6 aliphatic rings. The lowest BCUT2D eigenvalue weighted by Crippen LogP contribution is -2.67. The molecule has 0 unspecified atom stereocenters. The van der Waals surface area contributed by atoms with Gasteiger partial charge in [-0.15, -0.1) is 0 Å². The number of rotatable bonds is 9. The van der Waals surface area contributed by atoms with E-state index in [2.05, 4.69) is 58.0 Å². The van der Waals surface area contributed by atoms with E-state index in [1.54, 1.807) is 13.8 Å². The number of hydrogen-bond donors (Lipinski definition) is 2. The maximum absolute atomic E-state index is 15.5. The molecule has 5 aliphatic carbocycles. The first-order valence-corrected chi connectivity index (χ1v) is 22.7. The summed E-state index contributed by atoms with van der Waals surface area (Å²) in [7, 11) is 0. The average molecular weight is 808 g/mol. The van der Waals surface area contributed by atoms with E-state index in [4.69, 9.17) is 9.72 Å². The fourth-order valence-electron chi connectivity index (χ4n) is 15.3. The number of aldehydes is 1. The normalized spacial score (nSPS) is 38.6. The molecule has 0 radical (unpaired) electrons. The van der Waals surface area contributed by atoms with Crippen LogP contribution in [0.25, 0.3) is 11.3 Å². The first-order chi connectivity index (χ1) is 27.7. The maximum atomic E-state index is 15.5. The van der Waals surface area contributed by atoms with Gasteiger partial charge < -0.3 is 19.7 Å². The Morgan fingerprint density at radius 1 is 0.932 bits per heavy atom. The first-order valence-electron chi connectivity index (χ1n) is 22.7. The summed E-state index contributed by atoms with van der Waals surface area (Å²) < 4.78 is 6.21. The lowest BCUT2D eigenvalue weighted by atomic mass is 9.32. The van der Waals surface area contributed by atoms with Crippen LogP contribution in [0.1, 0.15) is 161 Å². The van der Waals surface area contributed by atoms with Crippen molar-refractivity contribution >= 4 is 24.1 Å². The number of ether oxygens (including phenoxy) is 1. The third-order valence-electron chi connectivity index (χ3n) is 18.7. The quantitative estimate of drug-likeness (QED) is 0.147. The number of allylic oxidation sites excluding steroid dienone is 1. The van der Waals surface area contributed by atoms with Crippen molar-refractivity contribution in [1.29, 1.82) is 0 Å². The molecule has 1 amide bonds. The molecule has 11 atom stereocenters. The standard InChI is InChI=1S/C50H69N3O6/c1-30(2)33-18-23-50(43(56)53-26-10-11-36(53)42-51-28-35(52-42)32-14-12-31(29-54)13-15-32)25-24-48(8)34(41(33)50)16-17-38-47(7)21-20-39(59-40(55)27-45(3,4)44(57)58)46(5,6)37(47)19-22-49(38,48)9/h12-15,28-29,33-34,36-39,41H,1,10-11,16-27H2,2-9H3,(H,51,52)(H,57,58)/t33-,34+,36-,37-,38+,39-,41+,47-,48+,49+,50-/m0/s1. The average Bonchev–Trinajstić information content (AvgIpc) is 3.95. The van der Waals surface area contributed by atoms with Crippen molar-refractivity contribution in [2.24, 2.45) is 62.1 Å². The Bertz CT molecular complexity index is 2020. The fraction of sp³-hybridized carbons (Fsp3) is 0.700. The smallest absolute Gasteiger partial charge is 0.309 e. The van der Waals surface area contributed by atoms with Crippen LogP contribution in [0.3, 0.4) is 0 Å². The Balaban J connectivity index is 1.05. The van der Waals surface area contributed by atoms with E-state index in [1.807, 2.05) is 30.5 Å². The largest absolute Gasteiger partial charge is 0.481 e. The molecule has 5 saturated carbocycles. The van der Waals surface area contributed by atoms with Crippen LogP contribution >= 0.6 is 0 Å². The Hall–Kier alpha value is -3.75. The lowest BCUT2D eigenvalue weighted by Gasteiger charge is -2.73. The highest BCUT2D eigenvalue weighted by atomic mass is 16.5. The number of nitrogens with zero attached hydrogens (tertiary/aromatic N) is 2. The van der Waals surface area contributed by atoms with Crippen LogP contribution in [0.4, 0.5) is 0 Å². The van der Waals surface area contributed by atoms with Gasteiger partial charge in [0.05, 0.1) is 35.2 Å². The molecular weight excluding hydrogens is 739 g/mol. The molecule has 2 heterocycles. The monoisotopic (exact) mass is 808 g/mol. The van der Waals surface area contributed by atoms with Crippen molar-refractivity contribution < 1.29 is 29.0 Å². The predicted octanol–water partition coefficient (Wildman–Crippen LogP) is 10.6. The van der Waals surface area contributed by atoms with E-state index < -0.39 is 22.8 Å². The molecule has 0 spiro atoms. The van der Waals surface area contributed by atoms with E-state index in [1.165, 1.54) is 5.57 Å². The predicted molar refractivity (Wildman–Crippen MR) is 228 cm³/mol. The van der Waals surface area contributed by atoms with E-state index in [0.29, 0.717) is 35.1 Å². The number of esters is 1. The molecule has 1 aliphatic heterocycles. The Labute approximate surface area is 351 Å². The number of nitrogens with one attached hydrogen (secondary N) is 1. The number of hydrogen-bond acceptors (Lipinski definition) is 6. The van der Waals surface area contributed by atoms with E-state index in [-0.39, 0.29) is 46.1 Å². The van der Waals surface area contributed by atoms with Gasteiger partial charge in [-0.05, 0) is 149 Å². The second kappa shape index (κ2) is 14.4. The number of fused-ring (bicyclic) bond motifs is 7.